The maximum atomic E-state index is 11.2. The smallest absolute Gasteiger partial charge is 0.160 e. The van der Waals surface area contributed by atoms with Gasteiger partial charge in [-0.1, -0.05) is 24.3 Å². The fraction of sp³-hybridized carbons (Fsp3) is 0.417. The molecule has 3 N–H and O–H groups in total. The minimum Gasteiger partial charge on any atom is -0.543 e. The molecule has 0 heterocycles. The monoisotopic (exact) mass is 205 g/mol. The van der Waals surface area contributed by atoms with Gasteiger partial charge in [0.25, 0.3) is 0 Å². The first-order valence-corrected chi connectivity index (χ1v) is 5.30. The molecule has 0 saturated heterocycles. The lowest BCUT2D eigenvalue weighted by Crippen LogP contribution is -2.76. The molecule has 80 valence electrons. The first kappa shape index (κ1) is 10.2. The van der Waals surface area contributed by atoms with Crippen molar-refractivity contribution in [2.75, 3.05) is 0 Å². The molecule has 0 aliphatic heterocycles. The summed E-state index contributed by atoms with van der Waals surface area (Å²) in [5, 5.41) is 11.2. The summed E-state index contributed by atoms with van der Waals surface area (Å²) in [5.41, 5.74) is 4.76. The van der Waals surface area contributed by atoms with Gasteiger partial charge >= 0.3 is 0 Å². The van der Waals surface area contributed by atoms with E-state index in [-0.39, 0.29) is 0 Å². The van der Waals surface area contributed by atoms with Gasteiger partial charge in [0, 0.05) is 12.0 Å². The minimum absolute atomic E-state index is 0.576. The molecule has 0 fully saturated rings. The molecular weight excluding hydrogens is 190 g/mol. The highest BCUT2D eigenvalue weighted by atomic mass is 16.4. The van der Waals surface area contributed by atoms with E-state index in [0.29, 0.717) is 6.42 Å². The van der Waals surface area contributed by atoms with Crippen molar-refractivity contribution < 1.29 is 15.6 Å². The van der Waals surface area contributed by atoms with Gasteiger partial charge in [-0.25, -0.2) is 0 Å². The quantitative estimate of drug-likeness (QED) is 0.634. The van der Waals surface area contributed by atoms with Crippen LogP contribution >= 0.6 is 0 Å². The van der Waals surface area contributed by atoms with E-state index in [1.807, 2.05) is 24.3 Å². The molecule has 0 spiro atoms. The third-order valence-electron chi connectivity index (χ3n) is 3.22. The summed E-state index contributed by atoms with van der Waals surface area (Å²) < 4.78 is 0. The van der Waals surface area contributed by atoms with Crippen molar-refractivity contribution in [2.24, 2.45) is 0 Å². The highest BCUT2D eigenvalue weighted by Gasteiger charge is 2.36. The molecule has 1 aromatic carbocycles. The van der Waals surface area contributed by atoms with Crippen molar-refractivity contribution in [3.63, 3.8) is 0 Å². The molecule has 3 nitrogen and oxygen atoms in total. The van der Waals surface area contributed by atoms with Crippen molar-refractivity contribution in [1.82, 2.24) is 0 Å². The normalized spacial score (nSPS) is 25.4. The number of hydrogen-bond donors (Lipinski definition) is 1. The van der Waals surface area contributed by atoms with Gasteiger partial charge < -0.3 is 15.6 Å². The summed E-state index contributed by atoms with van der Waals surface area (Å²) in [6.07, 6.45) is 3.45. The van der Waals surface area contributed by atoms with E-state index in [1.165, 1.54) is 0 Å². The van der Waals surface area contributed by atoms with E-state index in [2.05, 4.69) is 5.73 Å². The van der Waals surface area contributed by atoms with Gasteiger partial charge in [0.05, 0.1) is 0 Å². The van der Waals surface area contributed by atoms with Crippen molar-refractivity contribution in [3.8, 4) is 0 Å². The van der Waals surface area contributed by atoms with Crippen LogP contribution in [0, 0.1) is 0 Å². The first-order chi connectivity index (χ1) is 7.14. The number of hydrogen-bond acceptors (Lipinski definition) is 2. The van der Waals surface area contributed by atoms with E-state index in [1.54, 1.807) is 0 Å². The molecule has 0 bridgehead atoms. The zero-order valence-electron chi connectivity index (χ0n) is 8.66. The zero-order valence-corrected chi connectivity index (χ0v) is 8.66. The summed E-state index contributed by atoms with van der Waals surface area (Å²) in [4.78, 5) is 11.2. The summed E-state index contributed by atoms with van der Waals surface area (Å²) in [6, 6.07) is 7.67. The SMILES string of the molecule is [NH3+][C@@]1(C(=O)[O-])CCCCc2ccccc21. The topological polar surface area (TPSA) is 67.8 Å². The van der Waals surface area contributed by atoms with E-state index in [4.69, 9.17) is 0 Å². The van der Waals surface area contributed by atoms with Crippen LogP contribution in [0.4, 0.5) is 0 Å². The molecule has 3 heteroatoms. The Balaban J connectivity index is 2.55. The average Bonchev–Trinajstić information content (AvgIpc) is 2.40. The number of carboxylic acids is 1. The molecule has 0 aromatic heterocycles. The van der Waals surface area contributed by atoms with Crippen molar-refractivity contribution in [1.29, 1.82) is 0 Å². The largest absolute Gasteiger partial charge is 0.543 e. The summed E-state index contributed by atoms with van der Waals surface area (Å²) in [6.45, 7) is 0. The van der Waals surface area contributed by atoms with Gasteiger partial charge in [-0.15, -0.1) is 0 Å². The summed E-state index contributed by atoms with van der Waals surface area (Å²) in [7, 11) is 0. The number of aliphatic carboxylic acids is 1. The Morgan fingerprint density at radius 3 is 2.80 bits per heavy atom. The fourth-order valence-electron chi connectivity index (χ4n) is 2.29. The number of carbonyl (C=O) groups excluding carboxylic acids is 1. The molecule has 2 rings (SSSR count). The number of rotatable bonds is 1. The highest BCUT2D eigenvalue weighted by molar-refractivity contribution is 5.77. The van der Waals surface area contributed by atoms with Crippen LogP contribution in [0.3, 0.4) is 0 Å². The minimum atomic E-state index is -1.06. The number of benzene rings is 1. The molecule has 0 radical (unpaired) electrons. The van der Waals surface area contributed by atoms with Crippen molar-refractivity contribution >= 4 is 5.97 Å². The van der Waals surface area contributed by atoms with Gasteiger partial charge in [-0.2, -0.15) is 0 Å². The number of carboxylic acid groups (broad SMARTS) is 1. The number of aryl methyl sites for hydroxylation is 1. The summed E-state index contributed by atoms with van der Waals surface area (Å²) in [5.74, 6) is -1.06. The molecule has 1 atom stereocenters. The molecule has 1 aliphatic rings. The highest BCUT2D eigenvalue weighted by Crippen LogP contribution is 2.30. The van der Waals surface area contributed by atoms with Gasteiger partial charge in [0.15, 0.2) is 5.54 Å². The second kappa shape index (κ2) is 3.66. The first-order valence-electron chi connectivity index (χ1n) is 5.30. The fourth-order valence-corrected chi connectivity index (χ4v) is 2.29. The standard InChI is InChI=1S/C12H15NO2/c13-12(11(14)15)8-4-3-6-9-5-1-2-7-10(9)12/h1-2,5,7H,3-4,6,8,13H2,(H,14,15)/t12-/m0/s1. The predicted octanol–water partition coefficient (Wildman–Crippen LogP) is -0.400. The molecule has 15 heavy (non-hydrogen) atoms. The molecular formula is C12H15NO2. The van der Waals surface area contributed by atoms with Crippen LogP contribution in [0.15, 0.2) is 24.3 Å². The van der Waals surface area contributed by atoms with Crippen molar-refractivity contribution in [2.45, 2.75) is 31.2 Å². The van der Waals surface area contributed by atoms with Crippen molar-refractivity contribution in [3.05, 3.63) is 35.4 Å². The second-order valence-corrected chi connectivity index (χ2v) is 4.23. The molecule has 0 unspecified atom stereocenters. The van der Waals surface area contributed by atoms with E-state index in [9.17, 15) is 9.90 Å². The van der Waals surface area contributed by atoms with E-state index < -0.39 is 11.5 Å². The van der Waals surface area contributed by atoms with Crippen LogP contribution in [0.1, 0.15) is 30.4 Å². The van der Waals surface area contributed by atoms with Crippen LogP contribution in [0.25, 0.3) is 0 Å². The summed E-state index contributed by atoms with van der Waals surface area (Å²) >= 11 is 0. The second-order valence-electron chi connectivity index (χ2n) is 4.23. The number of fused-ring (bicyclic) bond motifs is 1. The van der Waals surface area contributed by atoms with Crippen LogP contribution in [0.5, 0.6) is 0 Å². The Labute approximate surface area is 88.9 Å². The van der Waals surface area contributed by atoms with Gasteiger partial charge in [0.1, 0.15) is 5.97 Å². The maximum Gasteiger partial charge on any atom is 0.160 e. The number of quaternary nitrogens is 1. The van der Waals surface area contributed by atoms with E-state index in [0.717, 1.165) is 30.4 Å². The van der Waals surface area contributed by atoms with E-state index >= 15 is 0 Å². The molecule has 1 aromatic rings. The van der Waals surface area contributed by atoms with Crippen LogP contribution in [-0.4, -0.2) is 5.97 Å². The Bertz CT molecular complexity index is 389. The predicted molar refractivity (Wildman–Crippen MR) is 53.6 cm³/mol. The third-order valence-corrected chi connectivity index (χ3v) is 3.22. The Hall–Kier alpha value is -1.35. The zero-order chi connectivity index (χ0) is 10.9. The van der Waals surface area contributed by atoms with Gasteiger partial charge in [-0.3, -0.25) is 0 Å². The average molecular weight is 205 g/mol. The lowest BCUT2D eigenvalue weighted by Gasteiger charge is -2.27. The van der Waals surface area contributed by atoms with Crippen LogP contribution in [-0.2, 0) is 16.8 Å². The van der Waals surface area contributed by atoms with Gasteiger partial charge in [-0.05, 0) is 24.8 Å². The lowest BCUT2D eigenvalue weighted by atomic mass is 9.85. The maximum absolute atomic E-state index is 11.2. The molecule has 0 saturated carbocycles. The Morgan fingerprint density at radius 2 is 2.07 bits per heavy atom. The van der Waals surface area contributed by atoms with Gasteiger partial charge in [0.2, 0.25) is 0 Å². The third kappa shape index (κ3) is 1.63. The van der Waals surface area contributed by atoms with Crippen LogP contribution in [0.2, 0.25) is 0 Å². The van der Waals surface area contributed by atoms with Crippen LogP contribution < -0.4 is 10.8 Å². The lowest BCUT2D eigenvalue weighted by molar-refractivity contribution is -0.496. The molecule has 0 amide bonds. The Kier molecular flexibility index (Phi) is 2.49. The number of carbonyl (C=O) groups is 1. The Morgan fingerprint density at radius 1 is 1.33 bits per heavy atom. The molecule has 1 aliphatic carbocycles.